The van der Waals surface area contributed by atoms with Gasteiger partial charge in [0.25, 0.3) is 0 Å². The van der Waals surface area contributed by atoms with Crippen molar-refractivity contribution in [2.75, 3.05) is 13.1 Å². The Bertz CT molecular complexity index is 1290. The highest BCUT2D eigenvalue weighted by molar-refractivity contribution is 7.90. The third-order valence-electron chi connectivity index (χ3n) is 6.26. The summed E-state index contributed by atoms with van der Waals surface area (Å²) in [5.74, 6) is 0.764. The van der Waals surface area contributed by atoms with Crippen molar-refractivity contribution in [1.29, 1.82) is 5.26 Å². The Hall–Kier alpha value is -2.95. The topological polar surface area (TPSA) is 83.3 Å². The van der Waals surface area contributed by atoms with Crippen molar-refractivity contribution in [2.45, 2.75) is 43.5 Å². The number of aromatic nitrogens is 1. The molecular formula is C25H25N3O3S. The molecule has 1 aromatic heterocycles. The second-order valence-electron chi connectivity index (χ2n) is 8.57. The van der Waals surface area contributed by atoms with Crippen LogP contribution in [0.2, 0.25) is 0 Å². The van der Waals surface area contributed by atoms with E-state index < -0.39 is 10.0 Å². The van der Waals surface area contributed by atoms with E-state index in [1.54, 1.807) is 10.5 Å². The molecule has 0 spiro atoms. The van der Waals surface area contributed by atoms with Crippen molar-refractivity contribution in [1.82, 2.24) is 9.29 Å². The summed E-state index contributed by atoms with van der Waals surface area (Å²) in [5.41, 5.74) is 3.03. The summed E-state index contributed by atoms with van der Waals surface area (Å²) in [5, 5.41) is 10.8. The minimum Gasteiger partial charge on any atom is -0.490 e. The molecule has 6 nitrogen and oxygen atoms in total. The van der Waals surface area contributed by atoms with E-state index in [-0.39, 0.29) is 11.4 Å². The van der Waals surface area contributed by atoms with Gasteiger partial charge in [0.2, 0.25) is 10.0 Å². The van der Waals surface area contributed by atoms with Crippen LogP contribution in [0, 0.1) is 11.3 Å². The van der Waals surface area contributed by atoms with E-state index in [1.165, 1.54) is 0 Å². The Balaban J connectivity index is 1.40. The summed E-state index contributed by atoms with van der Waals surface area (Å²) in [6.07, 6.45) is 6.85. The lowest BCUT2D eigenvalue weighted by molar-refractivity contribution is 0.137. The molecule has 32 heavy (non-hydrogen) atoms. The van der Waals surface area contributed by atoms with E-state index >= 15 is 0 Å². The quantitative estimate of drug-likeness (QED) is 0.562. The number of piperidine rings is 1. The standard InChI is InChI=1S/C25H25N3O3S/c26-10-6-18-2-1-3-19(14-18)21-15-20-7-11-27-17-24(20)25(16-21)31-22-8-12-28(13-9-22)32(29,30)23-4-5-23/h1-3,7,11,14-17,22-23H,4-6,8-9,12-13H2. The zero-order valence-corrected chi connectivity index (χ0v) is 18.6. The molecule has 2 fully saturated rings. The Morgan fingerprint density at radius 3 is 2.62 bits per heavy atom. The van der Waals surface area contributed by atoms with Gasteiger partial charge in [0, 0.05) is 30.9 Å². The Morgan fingerprint density at radius 1 is 1.06 bits per heavy atom. The summed E-state index contributed by atoms with van der Waals surface area (Å²) < 4.78 is 33.1. The molecule has 3 aromatic rings. The Kier molecular flexibility index (Phi) is 5.58. The van der Waals surface area contributed by atoms with Gasteiger partial charge in [0.1, 0.15) is 11.9 Å². The average molecular weight is 448 g/mol. The first-order valence-electron chi connectivity index (χ1n) is 11.0. The third-order valence-corrected chi connectivity index (χ3v) is 8.66. The maximum atomic E-state index is 12.5. The van der Waals surface area contributed by atoms with E-state index in [1.807, 2.05) is 42.6 Å². The van der Waals surface area contributed by atoms with Gasteiger partial charge in [-0.1, -0.05) is 24.3 Å². The van der Waals surface area contributed by atoms with Gasteiger partial charge in [-0.05, 0) is 66.0 Å². The summed E-state index contributed by atoms with van der Waals surface area (Å²) >= 11 is 0. The van der Waals surface area contributed by atoms with Crippen molar-refractivity contribution in [3.8, 4) is 22.9 Å². The summed E-state index contributed by atoms with van der Waals surface area (Å²) in [4.78, 5) is 4.27. The van der Waals surface area contributed by atoms with Crippen LogP contribution in [-0.2, 0) is 16.4 Å². The van der Waals surface area contributed by atoms with Crippen LogP contribution < -0.4 is 4.74 Å². The minimum absolute atomic E-state index is 0.0377. The summed E-state index contributed by atoms with van der Waals surface area (Å²) in [7, 11) is -3.13. The van der Waals surface area contributed by atoms with E-state index in [2.05, 4.69) is 17.1 Å². The predicted molar refractivity (Wildman–Crippen MR) is 124 cm³/mol. The molecule has 0 bridgehead atoms. The maximum absolute atomic E-state index is 12.5. The number of sulfonamides is 1. The minimum atomic E-state index is -3.13. The first-order valence-corrected chi connectivity index (χ1v) is 12.5. The van der Waals surface area contributed by atoms with Crippen LogP contribution in [0.25, 0.3) is 21.9 Å². The van der Waals surface area contributed by atoms with Crippen LogP contribution in [0.5, 0.6) is 5.75 Å². The lowest BCUT2D eigenvalue weighted by atomic mass is 9.99. The second kappa shape index (κ2) is 8.53. The average Bonchev–Trinajstić information content (AvgIpc) is 3.66. The van der Waals surface area contributed by atoms with Crippen molar-refractivity contribution in [2.24, 2.45) is 0 Å². The Labute approximate surface area is 188 Å². The van der Waals surface area contributed by atoms with Crippen molar-refractivity contribution in [3.63, 3.8) is 0 Å². The number of hydrogen-bond acceptors (Lipinski definition) is 5. The van der Waals surface area contributed by atoms with Crippen LogP contribution in [0.15, 0.2) is 54.9 Å². The van der Waals surface area contributed by atoms with E-state index in [9.17, 15) is 8.42 Å². The third kappa shape index (κ3) is 4.21. The monoisotopic (exact) mass is 447 g/mol. The molecule has 0 atom stereocenters. The molecule has 5 rings (SSSR count). The fraction of sp³-hybridized carbons (Fsp3) is 0.360. The van der Waals surface area contributed by atoms with Gasteiger partial charge in [-0.25, -0.2) is 12.7 Å². The summed E-state index contributed by atoms with van der Waals surface area (Å²) in [6, 6.07) is 16.3. The zero-order valence-electron chi connectivity index (χ0n) is 17.8. The van der Waals surface area contributed by atoms with Gasteiger partial charge in [0.15, 0.2) is 0 Å². The first-order chi connectivity index (χ1) is 15.5. The summed E-state index contributed by atoms with van der Waals surface area (Å²) in [6.45, 7) is 1.02. The molecule has 0 unspecified atom stereocenters. The highest BCUT2D eigenvalue weighted by atomic mass is 32.2. The number of rotatable bonds is 6. The van der Waals surface area contributed by atoms with Gasteiger partial charge < -0.3 is 4.74 Å². The van der Waals surface area contributed by atoms with Crippen LogP contribution in [-0.4, -0.2) is 42.2 Å². The van der Waals surface area contributed by atoms with Crippen LogP contribution in [0.1, 0.15) is 31.2 Å². The number of hydrogen-bond donors (Lipinski definition) is 0. The molecule has 0 amide bonds. The maximum Gasteiger partial charge on any atom is 0.216 e. The van der Waals surface area contributed by atoms with Gasteiger partial charge in [-0.3, -0.25) is 4.98 Å². The van der Waals surface area contributed by atoms with Crippen LogP contribution in [0.4, 0.5) is 0 Å². The second-order valence-corrected chi connectivity index (χ2v) is 10.8. The number of ether oxygens (including phenoxy) is 1. The normalized spacial score (nSPS) is 17.8. The molecule has 7 heteroatoms. The number of nitriles is 1. The highest BCUT2D eigenvalue weighted by Crippen LogP contribution is 2.36. The molecule has 2 heterocycles. The molecule has 2 aliphatic rings. The largest absolute Gasteiger partial charge is 0.490 e. The fourth-order valence-corrected chi connectivity index (χ4v) is 6.22. The fourth-order valence-electron chi connectivity index (χ4n) is 4.34. The van der Waals surface area contributed by atoms with E-state index in [4.69, 9.17) is 10.00 Å². The molecule has 1 aliphatic carbocycles. The zero-order chi connectivity index (χ0) is 22.1. The van der Waals surface area contributed by atoms with Gasteiger partial charge in [0.05, 0.1) is 17.7 Å². The lowest BCUT2D eigenvalue weighted by Gasteiger charge is -2.31. The van der Waals surface area contributed by atoms with E-state index in [0.29, 0.717) is 32.4 Å². The van der Waals surface area contributed by atoms with Gasteiger partial charge in [-0.15, -0.1) is 0 Å². The molecule has 1 saturated carbocycles. The predicted octanol–water partition coefficient (Wildman–Crippen LogP) is 4.30. The van der Waals surface area contributed by atoms with Gasteiger partial charge >= 0.3 is 0 Å². The molecule has 1 saturated heterocycles. The smallest absolute Gasteiger partial charge is 0.216 e. The van der Waals surface area contributed by atoms with Crippen molar-refractivity contribution >= 4 is 20.8 Å². The lowest BCUT2D eigenvalue weighted by Crippen LogP contribution is -2.43. The number of pyridine rings is 1. The van der Waals surface area contributed by atoms with Crippen LogP contribution >= 0.6 is 0 Å². The molecule has 0 N–H and O–H groups in total. The number of nitrogens with zero attached hydrogens (tertiary/aromatic N) is 3. The van der Waals surface area contributed by atoms with Crippen LogP contribution in [0.3, 0.4) is 0 Å². The molecule has 164 valence electrons. The van der Waals surface area contributed by atoms with Crippen molar-refractivity contribution < 1.29 is 13.2 Å². The number of fused-ring (bicyclic) bond motifs is 1. The number of benzene rings is 2. The SMILES string of the molecule is N#CCc1cccc(-c2cc(OC3CCN(S(=O)(=O)C4CC4)CC3)c3cnccc3c2)c1. The molecule has 2 aromatic carbocycles. The highest BCUT2D eigenvalue weighted by Gasteiger charge is 2.41. The molecule has 1 aliphatic heterocycles. The molecule has 0 radical (unpaired) electrons. The van der Waals surface area contributed by atoms with E-state index in [0.717, 1.165) is 46.1 Å². The first kappa shape index (κ1) is 20.9. The Morgan fingerprint density at radius 2 is 1.88 bits per heavy atom. The molecular weight excluding hydrogens is 422 g/mol. The van der Waals surface area contributed by atoms with Gasteiger partial charge in [-0.2, -0.15) is 5.26 Å². The van der Waals surface area contributed by atoms with Crippen molar-refractivity contribution in [3.05, 3.63) is 60.4 Å².